The van der Waals surface area contributed by atoms with Crippen molar-refractivity contribution in [2.75, 3.05) is 29.5 Å². The molecule has 1 saturated heterocycles. The molecule has 31 heavy (non-hydrogen) atoms. The van der Waals surface area contributed by atoms with Gasteiger partial charge in [0.2, 0.25) is 5.91 Å². The first kappa shape index (κ1) is 22.0. The van der Waals surface area contributed by atoms with Gasteiger partial charge in [-0.05, 0) is 61.7 Å². The minimum absolute atomic E-state index is 0.0299. The first-order valence-electron chi connectivity index (χ1n) is 10.2. The molecule has 2 aromatic carbocycles. The number of aryl methyl sites for hydroxylation is 2. The summed E-state index contributed by atoms with van der Waals surface area (Å²) in [5, 5.41) is 8.95. The predicted molar refractivity (Wildman–Crippen MR) is 117 cm³/mol. The van der Waals surface area contributed by atoms with Crippen molar-refractivity contribution >= 4 is 29.2 Å². The van der Waals surface area contributed by atoms with Crippen LogP contribution in [-0.2, 0) is 14.3 Å². The number of carbonyl (C=O) groups is 3. The molecular formula is C24H25N3O4. The maximum atomic E-state index is 12.8. The van der Waals surface area contributed by atoms with E-state index in [4.69, 9.17) is 10.00 Å². The van der Waals surface area contributed by atoms with Crippen LogP contribution in [0.2, 0.25) is 0 Å². The van der Waals surface area contributed by atoms with Crippen LogP contribution in [0.1, 0.15) is 40.7 Å². The fourth-order valence-electron chi connectivity index (χ4n) is 3.68. The number of hydrogen-bond acceptors (Lipinski definition) is 5. The van der Waals surface area contributed by atoms with Crippen LogP contribution in [0.4, 0.5) is 11.4 Å². The van der Waals surface area contributed by atoms with Gasteiger partial charge in [-0.2, -0.15) is 5.26 Å². The van der Waals surface area contributed by atoms with E-state index in [-0.39, 0.29) is 24.4 Å². The molecule has 160 valence electrons. The van der Waals surface area contributed by atoms with Crippen molar-refractivity contribution in [3.63, 3.8) is 0 Å². The lowest BCUT2D eigenvalue weighted by atomic mass is 10.1. The lowest BCUT2D eigenvalue weighted by Crippen LogP contribution is -2.35. The van der Waals surface area contributed by atoms with Crippen molar-refractivity contribution in [2.45, 2.75) is 33.1 Å². The summed E-state index contributed by atoms with van der Waals surface area (Å²) in [6.45, 7) is 4.26. The summed E-state index contributed by atoms with van der Waals surface area (Å²) in [7, 11) is 0. The number of esters is 1. The molecule has 0 N–H and O–H groups in total. The number of amides is 2. The fraction of sp³-hybridized carbons (Fsp3) is 0.333. The van der Waals surface area contributed by atoms with Gasteiger partial charge in [0.05, 0.1) is 18.1 Å². The molecule has 7 nitrogen and oxygen atoms in total. The first-order chi connectivity index (χ1) is 14.9. The SMILES string of the molecule is Cc1cc(C)cc(N(CCC#N)C(=O)COC(=O)c2cccc(N3CCCC3=O)c2)c1. The first-order valence-corrected chi connectivity index (χ1v) is 10.2. The summed E-state index contributed by atoms with van der Waals surface area (Å²) in [6.07, 6.45) is 1.46. The Labute approximate surface area is 181 Å². The highest BCUT2D eigenvalue weighted by atomic mass is 16.5. The summed E-state index contributed by atoms with van der Waals surface area (Å²) in [4.78, 5) is 40.4. The van der Waals surface area contributed by atoms with Crippen molar-refractivity contribution in [1.29, 1.82) is 5.26 Å². The van der Waals surface area contributed by atoms with Crippen LogP contribution in [0, 0.1) is 25.2 Å². The van der Waals surface area contributed by atoms with Gasteiger partial charge in [0.15, 0.2) is 6.61 Å². The molecule has 2 aromatic rings. The molecule has 0 bridgehead atoms. The summed E-state index contributed by atoms with van der Waals surface area (Å²) in [5.41, 5.74) is 3.59. The highest BCUT2D eigenvalue weighted by molar-refractivity contribution is 5.99. The van der Waals surface area contributed by atoms with Crippen LogP contribution in [0.3, 0.4) is 0 Å². The fourth-order valence-corrected chi connectivity index (χ4v) is 3.68. The molecule has 1 heterocycles. The van der Waals surface area contributed by atoms with Crippen LogP contribution < -0.4 is 9.80 Å². The molecule has 2 amide bonds. The molecule has 0 saturated carbocycles. The molecule has 1 fully saturated rings. The predicted octanol–water partition coefficient (Wildman–Crippen LogP) is 3.53. The zero-order valence-corrected chi connectivity index (χ0v) is 17.8. The molecule has 0 aromatic heterocycles. The standard InChI is InChI=1S/C24H25N3O4/c1-17-12-18(2)14-21(13-17)27(11-5-9-25)23(29)16-31-24(30)19-6-3-7-20(15-19)26-10-4-8-22(26)28/h3,6-7,12-15H,4-5,8,10-11,16H2,1-2H3. The Balaban J connectivity index is 1.69. The third-order valence-corrected chi connectivity index (χ3v) is 5.06. The van der Waals surface area contributed by atoms with Crippen LogP contribution in [0.25, 0.3) is 0 Å². The quantitative estimate of drug-likeness (QED) is 0.641. The monoisotopic (exact) mass is 419 g/mol. The molecule has 0 atom stereocenters. The number of anilines is 2. The average Bonchev–Trinajstić information content (AvgIpc) is 3.17. The Bertz CT molecular complexity index is 1020. The van der Waals surface area contributed by atoms with E-state index in [1.54, 1.807) is 29.2 Å². The number of hydrogen-bond donors (Lipinski definition) is 0. The maximum Gasteiger partial charge on any atom is 0.338 e. The molecule has 3 rings (SSSR count). The lowest BCUT2D eigenvalue weighted by molar-refractivity contribution is -0.121. The topological polar surface area (TPSA) is 90.7 Å². The van der Waals surface area contributed by atoms with Crippen LogP contribution in [-0.4, -0.2) is 37.5 Å². The molecule has 1 aliphatic rings. The van der Waals surface area contributed by atoms with Gasteiger partial charge in [-0.1, -0.05) is 12.1 Å². The van der Waals surface area contributed by atoms with E-state index in [0.29, 0.717) is 24.3 Å². The summed E-state index contributed by atoms with van der Waals surface area (Å²) in [6, 6.07) is 14.4. The van der Waals surface area contributed by atoms with Gasteiger partial charge < -0.3 is 14.5 Å². The van der Waals surface area contributed by atoms with Gasteiger partial charge in [-0.15, -0.1) is 0 Å². The van der Waals surface area contributed by atoms with Crippen LogP contribution in [0.15, 0.2) is 42.5 Å². The van der Waals surface area contributed by atoms with E-state index in [1.165, 1.54) is 4.90 Å². The lowest BCUT2D eigenvalue weighted by Gasteiger charge is -2.22. The van der Waals surface area contributed by atoms with Gasteiger partial charge in [0.1, 0.15) is 0 Å². The van der Waals surface area contributed by atoms with Crippen LogP contribution in [0.5, 0.6) is 0 Å². The van der Waals surface area contributed by atoms with Crippen molar-refractivity contribution in [3.05, 3.63) is 59.2 Å². The number of benzene rings is 2. The van der Waals surface area contributed by atoms with Crippen LogP contribution >= 0.6 is 0 Å². The number of rotatable bonds is 7. The van der Waals surface area contributed by atoms with Crippen molar-refractivity contribution in [3.8, 4) is 6.07 Å². The molecule has 1 aliphatic heterocycles. The Kier molecular flexibility index (Phi) is 7.03. The summed E-state index contributed by atoms with van der Waals surface area (Å²) in [5.74, 6) is -1.01. The van der Waals surface area contributed by atoms with Crippen molar-refractivity contribution in [1.82, 2.24) is 0 Å². The Morgan fingerprint density at radius 3 is 2.55 bits per heavy atom. The number of carbonyl (C=O) groups excluding carboxylic acids is 3. The summed E-state index contributed by atoms with van der Waals surface area (Å²) >= 11 is 0. The highest BCUT2D eigenvalue weighted by Crippen LogP contribution is 2.23. The largest absolute Gasteiger partial charge is 0.452 e. The van der Waals surface area contributed by atoms with Crippen molar-refractivity contribution < 1.29 is 19.1 Å². The normalized spacial score (nSPS) is 13.1. The van der Waals surface area contributed by atoms with Gasteiger partial charge in [-0.3, -0.25) is 9.59 Å². The molecule has 7 heteroatoms. The number of ether oxygens (including phenoxy) is 1. The van der Waals surface area contributed by atoms with E-state index in [9.17, 15) is 14.4 Å². The third-order valence-electron chi connectivity index (χ3n) is 5.06. The van der Waals surface area contributed by atoms with E-state index >= 15 is 0 Å². The Morgan fingerprint density at radius 2 is 1.90 bits per heavy atom. The van der Waals surface area contributed by atoms with E-state index < -0.39 is 18.5 Å². The van der Waals surface area contributed by atoms with E-state index in [0.717, 1.165) is 17.5 Å². The smallest absolute Gasteiger partial charge is 0.338 e. The summed E-state index contributed by atoms with van der Waals surface area (Å²) < 4.78 is 5.26. The van der Waals surface area contributed by atoms with Gasteiger partial charge in [-0.25, -0.2) is 4.79 Å². The van der Waals surface area contributed by atoms with Gasteiger partial charge >= 0.3 is 5.97 Å². The van der Waals surface area contributed by atoms with Gasteiger partial charge in [0, 0.05) is 30.9 Å². The second kappa shape index (κ2) is 9.90. The second-order valence-corrected chi connectivity index (χ2v) is 7.57. The highest BCUT2D eigenvalue weighted by Gasteiger charge is 2.23. The minimum Gasteiger partial charge on any atom is -0.452 e. The van der Waals surface area contributed by atoms with E-state index in [2.05, 4.69) is 0 Å². The molecule has 0 spiro atoms. The maximum absolute atomic E-state index is 12.8. The minimum atomic E-state index is -0.637. The Morgan fingerprint density at radius 1 is 1.16 bits per heavy atom. The van der Waals surface area contributed by atoms with E-state index in [1.807, 2.05) is 38.1 Å². The number of nitriles is 1. The zero-order chi connectivity index (χ0) is 22.4. The molecule has 0 aliphatic carbocycles. The second-order valence-electron chi connectivity index (χ2n) is 7.57. The zero-order valence-electron chi connectivity index (χ0n) is 17.8. The molecule has 0 unspecified atom stereocenters. The molecular weight excluding hydrogens is 394 g/mol. The Hall–Kier alpha value is -3.66. The van der Waals surface area contributed by atoms with Crippen molar-refractivity contribution in [2.24, 2.45) is 0 Å². The third kappa shape index (κ3) is 5.48. The van der Waals surface area contributed by atoms with Gasteiger partial charge in [0.25, 0.3) is 5.91 Å². The molecule has 0 radical (unpaired) electrons. The number of nitrogens with zero attached hydrogens (tertiary/aromatic N) is 3. The average molecular weight is 419 g/mol.